The highest BCUT2D eigenvalue weighted by Gasteiger charge is 2.29. The molecule has 0 aromatic rings. The molecule has 0 aromatic heterocycles. The van der Waals surface area contributed by atoms with Crippen LogP contribution >= 0.6 is 0 Å². The standard InChI is InChI=1S/C10H15NO/c1-8(12)11-7-9-3-2-4-10(11)6-5-9/h2-3,9-10H,4-7H2,1H3. The van der Waals surface area contributed by atoms with Gasteiger partial charge in [0.2, 0.25) is 5.91 Å². The zero-order chi connectivity index (χ0) is 8.55. The average molecular weight is 165 g/mol. The molecule has 0 aromatic carbocycles. The van der Waals surface area contributed by atoms with Crippen molar-refractivity contribution < 1.29 is 4.79 Å². The molecule has 2 nitrogen and oxygen atoms in total. The lowest BCUT2D eigenvalue weighted by Crippen LogP contribution is -2.44. The Morgan fingerprint density at radius 1 is 1.50 bits per heavy atom. The van der Waals surface area contributed by atoms with Gasteiger partial charge < -0.3 is 4.90 Å². The molecule has 1 fully saturated rings. The highest BCUT2D eigenvalue weighted by Crippen LogP contribution is 2.28. The lowest BCUT2D eigenvalue weighted by molar-refractivity contribution is -0.132. The number of carbonyl (C=O) groups is 1. The highest BCUT2D eigenvalue weighted by atomic mass is 16.2. The van der Waals surface area contributed by atoms with Gasteiger partial charge in [-0.2, -0.15) is 0 Å². The molecule has 2 unspecified atom stereocenters. The summed E-state index contributed by atoms with van der Waals surface area (Å²) in [6.45, 7) is 2.64. The molecule has 66 valence electrons. The molecule has 3 aliphatic rings. The molecule has 0 spiro atoms. The largest absolute Gasteiger partial charge is 0.339 e. The molecule has 2 aliphatic heterocycles. The van der Waals surface area contributed by atoms with Crippen molar-refractivity contribution in [2.75, 3.05) is 6.54 Å². The highest BCUT2D eigenvalue weighted by molar-refractivity contribution is 5.73. The third-order valence-corrected chi connectivity index (χ3v) is 2.96. The van der Waals surface area contributed by atoms with Crippen molar-refractivity contribution in [3.63, 3.8) is 0 Å². The van der Waals surface area contributed by atoms with E-state index in [1.54, 1.807) is 6.92 Å². The second kappa shape index (κ2) is 2.92. The van der Waals surface area contributed by atoms with E-state index in [-0.39, 0.29) is 5.91 Å². The fraction of sp³-hybridized carbons (Fsp3) is 0.700. The van der Waals surface area contributed by atoms with Crippen LogP contribution in [0, 0.1) is 5.92 Å². The minimum absolute atomic E-state index is 0.244. The van der Waals surface area contributed by atoms with Crippen LogP contribution in [0.2, 0.25) is 0 Å². The first-order valence-corrected chi connectivity index (χ1v) is 4.71. The van der Waals surface area contributed by atoms with Crippen LogP contribution < -0.4 is 0 Å². The normalized spacial score (nSPS) is 33.6. The summed E-state index contributed by atoms with van der Waals surface area (Å²) in [7, 11) is 0. The number of carbonyl (C=O) groups excluding carboxylic acids is 1. The zero-order valence-electron chi connectivity index (χ0n) is 7.49. The van der Waals surface area contributed by atoms with Gasteiger partial charge in [0, 0.05) is 19.5 Å². The molecule has 0 radical (unpaired) electrons. The van der Waals surface area contributed by atoms with Crippen LogP contribution in [0.15, 0.2) is 12.2 Å². The summed E-state index contributed by atoms with van der Waals surface area (Å²) in [6, 6.07) is 0.498. The van der Waals surface area contributed by atoms with E-state index in [1.807, 2.05) is 4.90 Å². The lowest BCUT2D eigenvalue weighted by Gasteiger charge is -2.35. The quantitative estimate of drug-likeness (QED) is 0.499. The predicted molar refractivity (Wildman–Crippen MR) is 47.7 cm³/mol. The van der Waals surface area contributed by atoms with E-state index < -0.39 is 0 Å². The first kappa shape index (κ1) is 7.84. The van der Waals surface area contributed by atoms with Crippen molar-refractivity contribution in [2.24, 2.45) is 5.92 Å². The van der Waals surface area contributed by atoms with Crippen LogP contribution in [0.3, 0.4) is 0 Å². The van der Waals surface area contributed by atoms with E-state index in [0.717, 1.165) is 13.0 Å². The van der Waals surface area contributed by atoms with Crippen molar-refractivity contribution >= 4 is 5.91 Å². The molecule has 2 bridgehead atoms. The predicted octanol–water partition coefficient (Wildman–Crippen LogP) is 1.57. The maximum atomic E-state index is 11.2. The summed E-state index contributed by atoms with van der Waals surface area (Å²) in [5.41, 5.74) is 0. The third kappa shape index (κ3) is 1.26. The van der Waals surface area contributed by atoms with Crippen molar-refractivity contribution in [2.45, 2.75) is 32.2 Å². The first-order chi connectivity index (χ1) is 5.77. The minimum Gasteiger partial charge on any atom is -0.339 e. The summed E-state index contributed by atoms with van der Waals surface area (Å²) in [5, 5.41) is 0. The topological polar surface area (TPSA) is 20.3 Å². The molecule has 1 amide bonds. The van der Waals surface area contributed by atoms with E-state index in [2.05, 4.69) is 12.2 Å². The number of fused-ring (bicyclic) bond motifs is 3. The number of rotatable bonds is 0. The van der Waals surface area contributed by atoms with Gasteiger partial charge in [0.15, 0.2) is 0 Å². The van der Waals surface area contributed by atoms with Gasteiger partial charge in [0.1, 0.15) is 0 Å². The number of hydrogen-bond acceptors (Lipinski definition) is 1. The Hall–Kier alpha value is -0.790. The van der Waals surface area contributed by atoms with Crippen molar-refractivity contribution in [3.05, 3.63) is 12.2 Å². The Morgan fingerprint density at radius 3 is 3.08 bits per heavy atom. The summed E-state index contributed by atoms with van der Waals surface area (Å²) >= 11 is 0. The number of hydrogen-bond donors (Lipinski definition) is 0. The van der Waals surface area contributed by atoms with Gasteiger partial charge in [-0.1, -0.05) is 12.2 Å². The molecule has 0 saturated carbocycles. The Labute approximate surface area is 73.2 Å². The van der Waals surface area contributed by atoms with Gasteiger partial charge in [-0.3, -0.25) is 4.79 Å². The monoisotopic (exact) mass is 165 g/mol. The molecule has 12 heavy (non-hydrogen) atoms. The fourth-order valence-corrected chi connectivity index (χ4v) is 2.27. The minimum atomic E-state index is 0.244. The van der Waals surface area contributed by atoms with E-state index >= 15 is 0 Å². The van der Waals surface area contributed by atoms with Crippen LogP contribution in [0.5, 0.6) is 0 Å². The molecule has 1 aliphatic carbocycles. The average Bonchev–Trinajstić information content (AvgIpc) is 2.36. The molecule has 2 heteroatoms. The Kier molecular flexibility index (Phi) is 1.91. The molecule has 1 saturated heterocycles. The van der Waals surface area contributed by atoms with Gasteiger partial charge in [-0.15, -0.1) is 0 Å². The molecular weight excluding hydrogens is 150 g/mol. The molecular formula is C10H15NO. The second-order valence-electron chi connectivity index (χ2n) is 3.83. The zero-order valence-corrected chi connectivity index (χ0v) is 7.49. The van der Waals surface area contributed by atoms with Crippen molar-refractivity contribution in [3.8, 4) is 0 Å². The van der Waals surface area contributed by atoms with Gasteiger partial charge in [-0.25, -0.2) is 0 Å². The Morgan fingerprint density at radius 2 is 2.33 bits per heavy atom. The summed E-state index contributed by atoms with van der Waals surface area (Å²) in [4.78, 5) is 13.3. The van der Waals surface area contributed by atoms with E-state index in [4.69, 9.17) is 0 Å². The molecule has 2 atom stereocenters. The van der Waals surface area contributed by atoms with Crippen molar-refractivity contribution in [1.29, 1.82) is 0 Å². The summed E-state index contributed by atoms with van der Waals surface area (Å²) in [5.74, 6) is 0.876. The fourth-order valence-electron chi connectivity index (χ4n) is 2.27. The Bertz CT molecular complexity index is 222. The summed E-state index contributed by atoms with van der Waals surface area (Å²) in [6.07, 6.45) is 8.05. The van der Waals surface area contributed by atoms with Gasteiger partial charge in [0.25, 0.3) is 0 Å². The second-order valence-corrected chi connectivity index (χ2v) is 3.83. The number of piperidine rings is 1. The third-order valence-electron chi connectivity index (χ3n) is 2.96. The van der Waals surface area contributed by atoms with Crippen LogP contribution in [0.25, 0.3) is 0 Å². The number of amides is 1. The van der Waals surface area contributed by atoms with Gasteiger partial charge in [0.05, 0.1) is 0 Å². The molecule has 3 rings (SSSR count). The smallest absolute Gasteiger partial charge is 0.219 e. The maximum Gasteiger partial charge on any atom is 0.219 e. The summed E-state index contributed by atoms with van der Waals surface area (Å²) < 4.78 is 0. The first-order valence-electron chi connectivity index (χ1n) is 4.71. The van der Waals surface area contributed by atoms with Crippen LogP contribution in [0.1, 0.15) is 26.2 Å². The number of nitrogens with zero attached hydrogens (tertiary/aromatic N) is 1. The SMILES string of the molecule is CC(=O)N1CC2C=CCC1CC2. The van der Waals surface area contributed by atoms with E-state index in [9.17, 15) is 4.79 Å². The Balaban J connectivity index is 2.16. The van der Waals surface area contributed by atoms with Crippen molar-refractivity contribution in [1.82, 2.24) is 4.90 Å². The lowest BCUT2D eigenvalue weighted by atomic mass is 9.95. The van der Waals surface area contributed by atoms with Crippen LogP contribution in [-0.2, 0) is 4.79 Å². The molecule has 0 N–H and O–H groups in total. The molecule has 2 heterocycles. The van der Waals surface area contributed by atoms with Gasteiger partial charge >= 0.3 is 0 Å². The van der Waals surface area contributed by atoms with E-state index in [1.165, 1.54) is 12.8 Å². The van der Waals surface area contributed by atoms with Crippen LogP contribution in [-0.4, -0.2) is 23.4 Å². The van der Waals surface area contributed by atoms with E-state index in [0.29, 0.717) is 12.0 Å². The maximum absolute atomic E-state index is 11.2. The van der Waals surface area contributed by atoms with Gasteiger partial charge in [-0.05, 0) is 25.2 Å². The van der Waals surface area contributed by atoms with Crippen LogP contribution in [0.4, 0.5) is 0 Å².